The molecule has 24 heavy (non-hydrogen) atoms. The van der Waals surface area contributed by atoms with Gasteiger partial charge in [0.15, 0.2) is 0 Å². The first kappa shape index (κ1) is 18.9. The number of hydrogen-bond acceptors (Lipinski definition) is 4. The van der Waals surface area contributed by atoms with E-state index in [0.29, 0.717) is 12.1 Å². The molecule has 134 valence electrons. The summed E-state index contributed by atoms with van der Waals surface area (Å²) in [7, 11) is -3.53. The number of sulfonamides is 1. The van der Waals surface area contributed by atoms with Crippen LogP contribution >= 0.6 is 0 Å². The Labute approximate surface area is 144 Å². The minimum absolute atomic E-state index is 0.147. The van der Waals surface area contributed by atoms with Crippen LogP contribution in [0.2, 0.25) is 0 Å². The second-order valence-electron chi connectivity index (χ2n) is 6.86. The van der Waals surface area contributed by atoms with Crippen LogP contribution in [0.15, 0.2) is 29.2 Å². The fourth-order valence-corrected chi connectivity index (χ4v) is 3.89. The highest BCUT2D eigenvalue weighted by Crippen LogP contribution is 2.18. The van der Waals surface area contributed by atoms with Gasteiger partial charge < -0.3 is 11.1 Å². The van der Waals surface area contributed by atoms with E-state index in [1.807, 2.05) is 13.8 Å². The van der Waals surface area contributed by atoms with E-state index in [-0.39, 0.29) is 28.8 Å². The molecule has 0 aromatic heterocycles. The number of nitrogens with one attached hydrogen (secondary N) is 2. The SMILES string of the molecule is CC(C)CNS(=O)(=O)c1ccc(C(=O)NC2CCC(N)CC2)cc1. The molecule has 4 N–H and O–H groups in total. The third kappa shape index (κ3) is 5.29. The lowest BCUT2D eigenvalue weighted by Crippen LogP contribution is -2.40. The van der Waals surface area contributed by atoms with Crippen molar-refractivity contribution in [3.63, 3.8) is 0 Å². The van der Waals surface area contributed by atoms with Gasteiger partial charge in [0.05, 0.1) is 4.90 Å². The lowest BCUT2D eigenvalue weighted by atomic mass is 9.91. The number of hydrogen-bond donors (Lipinski definition) is 3. The van der Waals surface area contributed by atoms with Gasteiger partial charge in [0, 0.05) is 24.2 Å². The van der Waals surface area contributed by atoms with Gasteiger partial charge in [-0.2, -0.15) is 0 Å². The molecule has 1 aliphatic carbocycles. The molecule has 0 radical (unpaired) electrons. The molecule has 1 saturated carbocycles. The molecular weight excluding hydrogens is 326 g/mol. The topological polar surface area (TPSA) is 101 Å². The molecule has 6 nitrogen and oxygen atoms in total. The molecule has 1 aromatic rings. The number of rotatable bonds is 6. The average Bonchev–Trinajstić information content (AvgIpc) is 2.55. The quantitative estimate of drug-likeness (QED) is 0.723. The van der Waals surface area contributed by atoms with E-state index in [1.165, 1.54) is 12.1 Å². The molecule has 0 heterocycles. The number of amides is 1. The molecule has 0 spiro atoms. The van der Waals surface area contributed by atoms with Gasteiger partial charge >= 0.3 is 0 Å². The molecule has 0 saturated heterocycles. The van der Waals surface area contributed by atoms with Gasteiger partial charge in [-0.25, -0.2) is 13.1 Å². The van der Waals surface area contributed by atoms with Gasteiger partial charge in [0.1, 0.15) is 0 Å². The van der Waals surface area contributed by atoms with E-state index in [2.05, 4.69) is 10.0 Å². The summed E-state index contributed by atoms with van der Waals surface area (Å²) in [6.07, 6.45) is 3.62. The van der Waals surface area contributed by atoms with Crippen molar-refractivity contribution in [2.45, 2.75) is 56.5 Å². The van der Waals surface area contributed by atoms with Crippen LogP contribution in [0.3, 0.4) is 0 Å². The first-order valence-corrected chi connectivity index (χ1v) is 9.92. The maximum absolute atomic E-state index is 12.3. The summed E-state index contributed by atoms with van der Waals surface area (Å²) in [6, 6.07) is 6.42. The molecule has 0 aliphatic heterocycles. The van der Waals surface area contributed by atoms with Crippen molar-refractivity contribution in [1.82, 2.24) is 10.0 Å². The molecule has 0 bridgehead atoms. The fraction of sp³-hybridized carbons (Fsp3) is 0.588. The zero-order chi connectivity index (χ0) is 17.7. The molecule has 1 fully saturated rings. The maximum atomic E-state index is 12.3. The largest absolute Gasteiger partial charge is 0.349 e. The van der Waals surface area contributed by atoms with Crippen molar-refractivity contribution in [2.24, 2.45) is 11.7 Å². The Morgan fingerprint density at radius 2 is 1.75 bits per heavy atom. The fourth-order valence-electron chi connectivity index (χ4n) is 2.68. The number of benzene rings is 1. The number of nitrogens with two attached hydrogens (primary N) is 1. The van der Waals surface area contributed by atoms with E-state index >= 15 is 0 Å². The third-order valence-corrected chi connectivity index (χ3v) is 5.65. The van der Waals surface area contributed by atoms with Crippen molar-refractivity contribution < 1.29 is 13.2 Å². The summed E-state index contributed by atoms with van der Waals surface area (Å²) in [4.78, 5) is 12.4. The van der Waals surface area contributed by atoms with Gasteiger partial charge in [-0.05, 0) is 55.9 Å². The molecule has 2 rings (SSSR count). The minimum atomic E-state index is -3.53. The van der Waals surface area contributed by atoms with Gasteiger partial charge in [-0.1, -0.05) is 13.8 Å². The number of carbonyl (C=O) groups excluding carboxylic acids is 1. The van der Waals surface area contributed by atoms with E-state index in [0.717, 1.165) is 25.7 Å². The lowest BCUT2D eigenvalue weighted by Gasteiger charge is -2.26. The van der Waals surface area contributed by atoms with Crippen molar-refractivity contribution in [3.8, 4) is 0 Å². The van der Waals surface area contributed by atoms with E-state index in [9.17, 15) is 13.2 Å². The van der Waals surface area contributed by atoms with Crippen LogP contribution in [0.4, 0.5) is 0 Å². The lowest BCUT2D eigenvalue weighted by molar-refractivity contribution is 0.0926. The summed E-state index contributed by atoms with van der Waals surface area (Å²) in [5.41, 5.74) is 6.33. The van der Waals surface area contributed by atoms with Gasteiger partial charge in [0.25, 0.3) is 5.91 Å². The summed E-state index contributed by atoms with van der Waals surface area (Å²) in [5.74, 6) is 0.0583. The first-order valence-electron chi connectivity index (χ1n) is 8.44. The highest BCUT2D eigenvalue weighted by Gasteiger charge is 2.21. The molecule has 1 aromatic carbocycles. The summed E-state index contributed by atoms with van der Waals surface area (Å²) < 4.78 is 26.8. The van der Waals surface area contributed by atoms with Crippen LogP contribution in [-0.2, 0) is 10.0 Å². The molecule has 0 unspecified atom stereocenters. The Morgan fingerprint density at radius 3 is 2.29 bits per heavy atom. The highest BCUT2D eigenvalue weighted by molar-refractivity contribution is 7.89. The zero-order valence-electron chi connectivity index (χ0n) is 14.3. The molecule has 7 heteroatoms. The summed E-state index contributed by atoms with van der Waals surface area (Å²) >= 11 is 0. The molecular formula is C17H27N3O3S. The molecule has 1 aliphatic rings. The Bertz CT molecular complexity index is 648. The Morgan fingerprint density at radius 1 is 1.17 bits per heavy atom. The molecule has 0 atom stereocenters. The normalized spacial score (nSPS) is 21.7. The third-order valence-electron chi connectivity index (χ3n) is 4.22. The minimum Gasteiger partial charge on any atom is -0.349 e. The Balaban J connectivity index is 1.97. The van der Waals surface area contributed by atoms with E-state index < -0.39 is 10.0 Å². The number of carbonyl (C=O) groups is 1. The predicted octanol–water partition coefficient (Wildman–Crippen LogP) is 1.62. The zero-order valence-corrected chi connectivity index (χ0v) is 15.1. The summed E-state index contributed by atoms with van der Waals surface area (Å²) in [5, 5.41) is 2.99. The van der Waals surface area contributed by atoms with Crippen LogP contribution in [0.5, 0.6) is 0 Å². The van der Waals surface area contributed by atoms with Crippen LogP contribution in [0, 0.1) is 5.92 Å². The van der Waals surface area contributed by atoms with Gasteiger partial charge in [-0.15, -0.1) is 0 Å². The first-order chi connectivity index (χ1) is 11.3. The Kier molecular flexibility index (Phi) is 6.37. The van der Waals surface area contributed by atoms with Crippen molar-refractivity contribution in [3.05, 3.63) is 29.8 Å². The van der Waals surface area contributed by atoms with Gasteiger partial charge in [0.2, 0.25) is 10.0 Å². The molecule has 1 amide bonds. The average molecular weight is 353 g/mol. The van der Waals surface area contributed by atoms with E-state index in [4.69, 9.17) is 5.73 Å². The summed E-state index contributed by atoms with van der Waals surface area (Å²) in [6.45, 7) is 4.26. The smallest absolute Gasteiger partial charge is 0.251 e. The van der Waals surface area contributed by atoms with Crippen molar-refractivity contribution in [1.29, 1.82) is 0 Å². The van der Waals surface area contributed by atoms with E-state index in [1.54, 1.807) is 12.1 Å². The Hall–Kier alpha value is -1.44. The monoisotopic (exact) mass is 353 g/mol. The van der Waals surface area contributed by atoms with Crippen LogP contribution in [0.1, 0.15) is 49.9 Å². The standard InChI is InChI=1S/C17H27N3O3S/c1-12(2)11-19-24(22,23)16-9-3-13(4-10-16)17(21)20-15-7-5-14(18)6-8-15/h3-4,9-10,12,14-15,19H,5-8,11,18H2,1-2H3,(H,20,21). The van der Waals surface area contributed by atoms with Crippen LogP contribution < -0.4 is 15.8 Å². The van der Waals surface area contributed by atoms with Crippen LogP contribution in [-0.4, -0.2) is 33.0 Å². The van der Waals surface area contributed by atoms with Crippen molar-refractivity contribution in [2.75, 3.05) is 6.54 Å². The highest BCUT2D eigenvalue weighted by atomic mass is 32.2. The predicted molar refractivity (Wildman–Crippen MR) is 94.2 cm³/mol. The van der Waals surface area contributed by atoms with Crippen LogP contribution in [0.25, 0.3) is 0 Å². The second kappa shape index (κ2) is 8.09. The maximum Gasteiger partial charge on any atom is 0.251 e. The second-order valence-corrected chi connectivity index (χ2v) is 8.62. The van der Waals surface area contributed by atoms with Crippen molar-refractivity contribution >= 4 is 15.9 Å². The van der Waals surface area contributed by atoms with Gasteiger partial charge in [-0.3, -0.25) is 4.79 Å².